The van der Waals surface area contributed by atoms with Crippen LogP contribution in [0.5, 0.6) is 0 Å². The lowest BCUT2D eigenvalue weighted by molar-refractivity contribution is -0.140. The molecule has 0 bridgehead atoms. The lowest BCUT2D eigenvalue weighted by atomic mass is 10.0. The Kier molecular flexibility index (Phi) is 7.55. The van der Waals surface area contributed by atoms with Gasteiger partial charge in [0.25, 0.3) is 5.91 Å². The summed E-state index contributed by atoms with van der Waals surface area (Å²) in [5, 5.41) is 14.3. The number of hydrogen-bond donors (Lipinski definition) is 5. The number of hydrazine groups is 1. The van der Waals surface area contributed by atoms with Crippen LogP contribution in [-0.2, 0) is 16.0 Å². The second-order valence-corrected chi connectivity index (χ2v) is 5.00. The molecule has 23 heavy (non-hydrogen) atoms. The summed E-state index contributed by atoms with van der Waals surface area (Å²) in [5.74, 6) is -1.56. The fourth-order valence-electron chi connectivity index (χ4n) is 1.90. The molecule has 1 rings (SSSR count). The summed E-state index contributed by atoms with van der Waals surface area (Å²) < 4.78 is 0. The molecule has 0 saturated carbocycles. The van der Waals surface area contributed by atoms with Crippen LogP contribution in [0.1, 0.15) is 18.9 Å². The maximum absolute atomic E-state index is 11.8. The van der Waals surface area contributed by atoms with E-state index in [1.54, 1.807) is 0 Å². The van der Waals surface area contributed by atoms with E-state index in [4.69, 9.17) is 0 Å². The first kappa shape index (κ1) is 18.4. The highest BCUT2D eigenvalue weighted by Crippen LogP contribution is 2.06. The van der Waals surface area contributed by atoms with Crippen molar-refractivity contribution in [3.8, 4) is 0 Å². The second-order valence-electron chi connectivity index (χ2n) is 5.00. The third-order valence-electron chi connectivity index (χ3n) is 3.23. The molecule has 0 saturated heterocycles. The number of aliphatic carboxylic acids is 1. The van der Waals surface area contributed by atoms with Gasteiger partial charge in [0.15, 0.2) is 0 Å². The molecule has 8 nitrogen and oxygen atoms in total. The van der Waals surface area contributed by atoms with Gasteiger partial charge in [-0.1, -0.05) is 30.3 Å². The average molecular weight is 322 g/mol. The van der Waals surface area contributed by atoms with Crippen molar-refractivity contribution in [3.63, 3.8) is 0 Å². The highest BCUT2D eigenvalue weighted by Gasteiger charge is 2.23. The van der Waals surface area contributed by atoms with Gasteiger partial charge >= 0.3 is 12.0 Å². The minimum absolute atomic E-state index is 0.347. The highest BCUT2D eigenvalue weighted by atomic mass is 16.4. The monoisotopic (exact) mass is 322 g/mol. The zero-order chi connectivity index (χ0) is 17.2. The Morgan fingerprint density at radius 2 is 1.78 bits per heavy atom. The van der Waals surface area contributed by atoms with E-state index in [1.807, 2.05) is 30.3 Å². The van der Waals surface area contributed by atoms with Crippen LogP contribution in [0, 0.1) is 0 Å². The molecule has 0 heterocycles. The number of amides is 3. The molecule has 8 heteroatoms. The SMILES string of the molecule is CNC(=O)NNC(=O)[C@H](C)N[C@@H](CCc1ccccc1)C(=O)O. The molecule has 0 aliphatic carbocycles. The van der Waals surface area contributed by atoms with Gasteiger partial charge in [-0.3, -0.25) is 20.3 Å². The van der Waals surface area contributed by atoms with Crippen molar-refractivity contribution in [1.82, 2.24) is 21.5 Å². The number of urea groups is 1. The molecule has 1 aromatic carbocycles. The van der Waals surface area contributed by atoms with Gasteiger partial charge in [-0.15, -0.1) is 0 Å². The van der Waals surface area contributed by atoms with Crippen molar-refractivity contribution in [2.45, 2.75) is 31.8 Å². The molecule has 0 fully saturated rings. The van der Waals surface area contributed by atoms with Gasteiger partial charge in [-0.25, -0.2) is 10.2 Å². The molecular formula is C15H22N4O4. The first-order valence-electron chi connectivity index (χ1n) is 7.24. The first-order chi connectivity index (χ1) is 10.9. The van der Waals surface area contributed by atoms with Crippen LogP contribution in [0.3, 0.4) is 0 Å². The van der Waals surface area contributed by atoms with Gasteiger partial charge in [0.1, 0.15) is 6.04 Å². The number of carboxylic acids is 1. The van der Waals surface area contributed by atoms with Crippen molar-refractivity contribution < 1.29 is 19.5 Å². The normalized spacial score (nSPS) is 12.8. The fourth-order valence-corrected chi connectivity index (χ4v) is 1.90. The highest BCUT2D eigenvalue weighted by molar-refractivity contribution is 5.85. The summed E-state index contributed by atoms with van der Waals surface area (Å²) >= 11 is 0. The quantitative estimate of drug-likeness (QED) is 0.453. The average Bonchev–Trinajstić information content (AvgIpc) is 2.56. The predicted molar refractivity (Wildman–Crippen MR) is 84.5 cm³/mol. The Bertz CT molecular complexity index is 536. The summed E-state index contributed by atoms with van der Waals surface area (Å²) in [5.41, 5.74) is 5.36. The first-order valence-corrected chi connectivity index (χ1v) is 7.24. The van der Waals surface area contributed by atoms with Crippen molar-refractivity contribution in [1.29, 1.82) is 0 Å². The van der Waals surface area contributed by atoms with Crippen molar-refractivity contribution >= 4 is 17.9 Å². The van der Waals surface area contributed by atoms with E-state index in [9.17, 15) is 19.5 Å². The van der Waals surface area contributed by atoms with E-state index >= 15 is 0 Å². The maximum Gasteiger partial charge on any atom is 0.333 e. The number of nitrogens with one attached hydrogen (secondary N) is 4. The van der Waals surface area contributed by atoms with Gasteiger partial charge in [-0.2, -0.15) is 0 Å². The van der Waals surface area contributed by atoms with E-state index in [0.717, 1.165) is 5.56 Å². The number of carbonyl (C=O) groups is 3. The number of benzene rings is 1. The minimum atomic E-state index is -1.03. The largest absolute Gasteiger partial charge is 0.480 e. The predicted octanol–water partition coefficient (Wildman–Crippen LogP) is 0.0107. The number of carboxylic acid groups (broad SMARTS) is 1. The third kappa shape index (κ3) is 6.79. The number of carbonyl (C=O) groups excluding carboxylic acids is 2. The standard InChI is InChI=1S/C15H22N4O4/c1-10(13(20)18-19-15(23)16-2)17-12(14(21)22)9-8-11-6-4-3-5-7-11/h3-7,10,12,17H,8-9H2,1-2H3,(H,18,20)(H,21,22)(H2,16,19,23)/t10-,12-/m0/s1. The summed E-state index contributed by atoms with van der Waals surface area (Å²) in [6.45, 7) is 1.53. The van der Waals surface area contributed by atoms with Crippen molar-refractivity contribution in [2.24, 2.45) is 0 Å². The summed E-state index contributed by atoms with van der Waals surface area (Å²) in [6, 6.07) is 7.30. The zero-order valence-corrected chi connectivity index (χ0v) is 13.1. The molecule has 0 unspecified atom stereocenters. The molecule has 0 radical (unpaired) electrons. The lowest BCUT2D eigenvalue weighted by Crippen LogP contribution is -2.54. The Morgan fingerprint density at radius 1 is 1.13 bits per heavy atom. The van der Waals surface area contributed by atoms with E-state index in [0.29, 0.717) is 12.8 Å². The van der Waals surface area contributed by atoms with Crippen LogP contribution >= 0.6 is 0 Å². The van der Waals surface area contributed by atoms with Crippen LogP contribution in [-0.4, -0.2) is 42.1 Å². The van der Waals surface area contributed by atoms with Crippen LogP contribution in [0.2, 0.25) is 0 Å². The van der Waals surface area contributed by atoms with Gasteiger partial charge in [0, 0.05) is 7.05 Å². The fraction of sp³-hybridized carbons (Fsp3) is 0.400. The Labute approximate surface area is 134 Å². The minimum Gasteiger partial charge on any atom is -0.480 e. The van der Waals surface area contributed by atoms with Gasteiger partial charge in [0.2, 0.25) is 0 Å². The lowest BCUT2D eigenvalue weighted by Gasteiger charge is -2.20. The molecule has 126 valence electrons. The maximum atomic E-state index is 11.8. The molecule has 5 N–H and O–H groups in total. The zero-order valence-electron chi connectivity index (χ0n) is 13.1. The number of aryl methyl sites for hydroxylation is 1. The van der Waals surface area contributed by atoms with Crippen LogP contribution in [0.15, 0.2) is 30.3 Å². The summed E-state index contributed by atoms with van der Waals surface area (Å²) in [7, 11) is 1.41. The summed E-state index contributed by atoms with van der Waals surface area (Å²) in [6.07, 6.45) is 0.926. The topological polar surface area (TPSA) is 120 Å². The molecular weight excluding hydrogens is 300 g/mol. The molecule has 1 aromatic rings. The summed E-state index contributed by atoms with van der Waals surface area (Å²) in [4.78, 5) is 34.1. The molecule has 0 spiro atoms. The van der Waals surface area contributed by atoms with Gasteiger partial charge < -0.3 is 10.4 Å². The molecule has 0 aliphatic heterocycles. The van der Waals surface area contributed by atoms with Crippen LogP contribution in [0.4, 0.5) is 4.79 Å². The third-order valence-corrected chi connectivity index (χ3v) is 3.23. The number of hydrogen-bond acceptors (Lipinski definition) is 4. The van der Waals surface area contributed by atoms with Crippen molar-refractivity contribution in [2.75, 3.05) is 7.05 Å². The van der Waals surface area contributed by atoms with Gasteiger partial charge in [-0.05, 0) is 25.3 Å². The Balaban J connectivity index is 2.49. The van der Waals surface area contributed by atoms with E-state index < -0.39 is 30.0 Å². The Hall–Kier alpha value is -2.61. The van der Waals surface area contributed by atoms with Crippen LogP contribution in [0.25, 0.3) is 0 Å². The number of rotatable bonds is 7. The smallest absolute Gasteiger partial charge is 0.333 e. The molecule has 0 aromatic heterocycles. The molecule has 3 amide bonds. The Morgan fingerprint density at radius 3 is 2.35 bits per heavy atom. The van der Waals surface area contributed by atoms with E-state index in [1.165, 1.54) is 14.0 Å². The van der Waals surface area contributed by atoms with E-state index in [-0.39, 0.29) is 0 Å². The molecule has 2 atom stereocenters. The second kappa shape index (κ2) is 9.42. The van der Waals surface area contributed by atoms with E-state index in [2.05, 4.69) is 21.5 Å². The van der Waals surface area contributed by atoms with Gasteiger partial charge in [0.05, 0.1) is 6.04 Å². The van der Waals surface area contributed by atoms with Crippen molar-refractivity contribution in [3.05, 3.63) is 35.9 Å². The van der Waals surface area contributed by atoms with Crippen LogP contribution < -0.4 is 21.5 Å². The molecule has 0 aliphatic rings.